The third-order valence-corrected chi connectivity index (χ3v) is 4.18. The number of alkyl halides is 3. The Morgan fingerprint density at radius 1 is 1.35 bits per heavy atom. The van der Waals surface area contributed by atoms with Gasteiger partial charge in [-0.25, -0.2) is 0 Å². The molecule has 2 rings (SSSR count). The van der Waals surface area contributed by atoms with Crippen LogP contribution in [-0.2, 0) is 17.5 Å². The van der Waals surface area contributed by atoms with Gasteiger partial charge in [0.15, 0.2) is 0 Å². The molecule has 1 heterocycles. The number of benzene rings is 1. The molecule has 1 aliphatic rings. The molecule has 0 aromatic heterocycles. The van der Waals surface area contributed by atoms with Gasteiger partial charge in [0, 0.05) is 17.5 Å². The molecule has 0 unspecified atom stereocenters. The normalized spacial score (nSPS) is 16.5. The molecule has 1 aromatic carbocycles. The molecule has 20 heavy (non-hydrogen) atoms. The van der Waals surface area contributed by atoms with Crippen LogP contribution < -0.4 is 5.32 Å². The van der Waals surface area contributed by atoms with E-state index in [2.05, 4.69) is 5.32 Å². The van der Waals surface area contributed by atoms with Gasteiger partial charge in [0.1, 0.15) is 0 Å². The van der Waals surface area contributed by atoms with Crippen LogP contribution in [0.2, 0.25) is 0 Å². The average molecular weight is 305 g/mol. The fourth-order valence-electron chi connectivity index (χ4n) is 1.80. The summed E-state index contributed by atoms with van der Waals surface area (Å²) in [7, 11) is 0. The van der Waals surface area contributed by atoms with Crippen molar-refractivity contribution in [2.24, 2.45) is 0 Å². The molecular weight excluding hydrogens is 287 g/mol. The minimum absolute atomic E-state index is 0.135. The third kappa shape index (κ3) is 4.14. The van der Waals surface area contributed by atoms with Crippen molar-refractivity contribution in [3.05, 3.63) is 29.3 Å². The van der Waals surface area contributed by atoms with Crippen LogP contribution in [0.1, 0.15) is 25.0 Å². The zero-order valence-electron chi connectivity index (χ0n) is 11.5. The topological polar surface area (TPSA) is 21.3 Å². The first kappa shape index (κ1) is 15.7. The van der Waals surface area contributed by atoms with Gasteiger partial charge in [0.05, 0.1) is 24.0 Å². The van der Waals surface area contributed by atoms with Gasteiger partial charge in [-0.05, 0) is 17.7 Å². The van der Waals surface area contributed by atoms with Crippen molar-refractivity contribution in [3.8, 4) is 0 Å². The molecule has 2 nitrogen and oxygen atoms in total. The van der Waals surface area contributed by atoms with Crippen molar-refractivity contribution in [1.29, 1.82) is 0 Å². The van der Waals surface area contributed by atoms with Gasteiger partial charge in [-0.2, -0.15) is 13.2 Å². The standard InChI is InChI=1S/C14H18F3NOS/c1-9(2)18-6-10-3-4-13(20-11-7-19-8-11)12(5-10)14(15,16)17/h3-5,9,11,18H,6-8H2,1-2H3. The minimum Gasteiger partial charge on any atom is -0.379 e. The molecule has 0 aliphatic carbocycles. The lowest BCUT2D eigenvalue weighted by atomic mass is 10.1. The lowest BCUT2D eigenvalue weighted by molar-refractivity contribution is -0.139. The average Bonchev–Trinajstić information content (AvgIpc) is 2.30. The molecule has 1 N–H and O–H groups in total. The Morgan fingerprint density at radius 2 is 2.05 bits per heavy atom. The summed E-state index contributed by atoms with van der Waals surface area (Å²) in [6.07, 6.45) is -4.32. The summed E-state index contributed by atoms with van der Waals surface area (Å²) in [6, 6.07) is 4.82. The van der Waals surface area contributed by atoms with Gasteiger partial charge in [0.25, 0.3) is 0 Å². The van der Waals surface area contributed by atoms with E-state index >= 15 is 0 Å². The number of thioether (sulfide) groups is 1. The minimum atomic E-state index is -4.32. The molecule has 1 aliphatic heterocycles. The summed E-state index contributed by atoms with van der Waals surface area (Å²) in [4.78, 5) is 0.291. The first-order valence-electron chi connectivity index (χ1n) is 6.54. The van der Waals surface area contributed by atoms with Crippen LogP contribution >= 0.6 is 11.8 Å². The molecular formula is C14H18F3NOS. The smallest absolute Gasteiger partial charge is 0.379 e. The summed E-state index contributed by atoms with van der Waals surface area (Å²) in [5, 5.41) is 3.26. The molecule has 0 radical (unpaired) electrons. The van der Waals surface area contributed by atoms with Crippen molar-refractivity contribution in [3.63, 3.8) is 0 Å². The second-order valence-electron chi connectivity index (χ2n) is 5.14. The van der Waals surface area contributed by atoms with Gasteiger partial charge in [-0.1, -0.05) is 19.9 Å². The van der Waals surface area contributed by atoms with Crippen LogP contribution in [0.4, 0.5) is 13.2 Å². The predicted molar refractivity (Wildman–Crippen MR) is 73.9 cm³/mol. The first-order valence-corrected chi connectivity index (χ1v) is 7.42. The molecule has 1 fully saturated rings. The quantitative estimate of drug-likeness (QED) is 0.896. The van der Waals surface area contributed by atoms with E-state index in [1.165, 1.54) is 17.8 Å². The molecule has 112 valence electrons. The molecule has 0 spiro atoms. The van der Waals surface area contributed by atoms with Gasteiger partial charge in [-0.15, -0.1) is 11.8 Å². The first-order chi connectivity index (χ1) is 9.36. The Labute approximate surface area is 121 Å². The number of hydrogen-bond donors (Lipinski definition) is 1. The van der Waals surface area contributed by atoms with E-state index in [1.807, 2.05) is 13.8 Å². The van der Waals surface area contributed by atoms with Crippen LogP contribution in [-0.4, -0.2) is 24.5 Å². The summed E-state index contributed by atoms with van der Waals surface area (Å²) in [5.41, 5.74) is 0.109. The van der Waals surface area contributed by atoms with Crippen molar-refractivity contribution < 1.29 is 17.9 Å². The van der Waals surface area contributed by atoms with Crippen molar-refractivity contribution in [2.45, 2.75) is 42.8 Å². The molecule has 6 heteroatoms. The summed E-state index contributed by atoms with van der Waals surface area (Å²) in [6.45, 7) is 5.42. The SMILES string of the molecule is CC(C)NCc1ccc(SC2COC2)c(C(F)(F)F)c1. The van der Waals surface area contributed by atoms with E-state index < -0.39 is 11.7 Å². The van der Waals surface area contributed by atoms with E-state index in [9.17, 15) is 13.2 Å². The lowest BCUT2D eigenvalue weighted by Crippen LogP contribution is -2.30. The van der Waals surface area contributed by atoms with E-state index in [4.69, 9.17) is 4.74 Å². The lowest BCUT2D eigenvalue weighted by Gasteiger charge is -2.26. The highest BCUT2D eigenvalue weighted by Crippen LogP contribution is 2.39. The number of ether oxygens (including phenoxy) is 1. The Bertz CT molecular complexity index is 458. The van der Waals surface area contributed by atoms with E-state index in [0.717, 1.165) is 0 Å². The van der Waals surface area contributed by atoms with E-state index in [1.54, 1.807) is 12.1 Å². The van der Waals surface area contributed by atoms with E-state index in [-0.39, 0.29) is 11.3 Å². The third-order valence-electron chi connectivity index (χ3n) is 2.96. The summed E-state index contributed by atoms with van der Waals surface area (Å²) in [5.74, 6) is 0. The fourth-order valence-corrected chi connectivity index (χ4v) is 2.93. The Kier molecular flexibility index (Phi) is 4.99. The van der Waals surface area contributed by atoms with Crippen LogP contribution in [0, 0.1) is 0 Å². The maximum absolute atomic E-state index is 13.1. The van der Waals surface area contributed by atoms with Crippen LogP contribution in [0.5, 0.6) is 0 Å². The second-order valence-corrected chi connectivity index (χ2v) is 6.48. The zero-order valence-corrected chi connectivity index (χ0v) is 12.3. The van der Waals surface area contributed by atoms with Crippen molar-refractivity contribution in [1.82, 2.24) is 5.32 Å². The molecule has 0 bridgehead atoms. The van der Waals surface area contributed by atoms with E-state index in [0.29, 0.717) is 30.2 Å². The molecule has 0 saturated carbocycles. The highest BCUT2D eigenvalue weighted by Gasteiger charge is 2.35. The monoisotopic (exact) mass is 305 g/mol. The Balaban J connectivity index is 2.18. The van der Waals surface area contributed by atoms with Crippen LogP contribution in [0.25, 0.3) is 0 Å². The summed E-state index contributed by atoms with van der Waals surface area (Å²) >= 11 is 1.25. The Hall–Kier alpha value is -0.720. The van der Waals surface area contributed by atoms with Crippen molar-refractivity contribution >= 4 is 11.8 Å². The fraction of sp³-hybridized carbons (Fsp3) is 0.571. The zero-order chi connectivity index (χ0) is 14.8. The number of rotatable bonds is 5. The van der Waals surface area contributed by atoms with Crippen LogP contribution in [0.3, 0.4) is 0 Å². The van der Waals surface area contributed by atoms with Gasteiger partial charge >= 0.3 is 6.18 Å². The number of halogens is 3. The number of hydrogen-bond acceptors (Lipinski definition) is 3. The maximum Gasteiger partial charge on any atom is 0.417 e. The highest BCUT2D eigenvalue weighted by atomic mass is 32.2. The second kappa shape index (κ2) is 6.37. The summed E-state index contributed by atoms with van der Waals surface area (Å²) < 4.78 is 44.4. The predicted octanol–water partition coefficient (Wildman–Crippen LogP) is 3.69. The maximum atomic E-state index is 13.1. The van der Waals surface area contributed by atoms with Gasteiger partial charge < -0.3 is 10.1 Å². The van der Waals surface area contributed by atoms with Crippen LogP contribution in [0.15, 0.2) is 23.1 Å². The molecule has 1 aromatic rings. The largest absolute Gasteiger partial charge is 0.417 e. The van der Waals surface area contributed by atoms with Gasteiger partial charge in [0.2, 0.25) is 0 Å². The highest BCUT2D eigenvalue weighted by molar-refractivity contribution is 8.00. The van der Waals surface area contributed by atoms with Gasteiger partial charge in [-0.3, -0.25) is 0 Å². The molecule has 0 atom stereocenters. The molecule has 0 amide bonds. The number of nitrogens with one attached hydrogen (secondary N) is 1. The molecule has 1 saturated heterocycles. The Morgan fingerprint density at radius 3 is 2.55 bits per heavy atom. The van der Waals surface area contributed by atoms with Crippen molar-refractivity contribution in [2.75, 3.05) is 13.2 Å².